The van der Waals surface area contributed by atoms with E-state index in [-0.39, 0.29) is 24.9 Å². The molecule has 2 aliphatic rings. The maximum Gasteiger partial charge on any atom is 0.471 e. The molecule has 7 heteroatoms. The van der Waals surface area contributed by atoms with Gasteiger partial charge in [-0.15, -0.1) is 0 Å². The number of hydrogen-bond donors (Lipinski definition) is 0. The number of rotatable bonds is 0. The molecule has 1 fully saturated rings. The molecule has 0 N–H and O–H groups in total. The van der Waals surface area contributed by atoms with Crippen LogP contribution in [0.2, 0.25) is 0 Å². The number of benzene rings is 1. The highest BCUT2D eigenvalue weighted by Crippen LogP contribution is 2.47. The zero-order chi connectivity index (χ0) is 15.5. The van der Waals surface area contributed by atoms with E-state index in [0.717, 1.165) is 33.5 Å². The first-order chi connectivity index (χ1) is 10.4. The van der Waals surface area contributed by atoms with Gasteiger partial charge in [-0.25, -0.2) is 0 Å². The van der Waals surface area contributed by atoms with Gasteiger partial charge in [0.25, 0.3) is 0 Å². The molecule has 1 saturated heterocycles. The van der Waals surface area contributed by atoms with Crippen molar-refractivity contribution in [3.63, 3.8) is 0 Å². The Hall–Kier alpha value is -2.18. The predicted molar refractivity (Wildman–Crippen MR) is 72.3 cm³/mol. The van der Waals surface area contributed by atoms with Crippen molar-refractivity contribution in [1.82, 2.24) is 14.9 Å². The van der Waals surface area contributed by atoms with E-state index in [1.807, 2.05) is 12.1 Å². The topological polar surface area (TPSA) is 46.1 Å². The van der Waals surface area contributed by atoms with Crippen LogP contribution in [0.1, 0.15) is 29.4 Å². The van der Waals surface area contributed by atoms with E-state index in [0.29, 0.717) is 0 Å². The number of nitrogens with zero attached hydrogens (tertiary/aromatic N) is 3. The van der Waals surface area contributed by atoms with Crippen LogP contribution >= 0.6 is 0 Å². The number of halogens is 3. The molecule has 1 aromatic carbocycles. The van der Waals surface area contributed by atoms with Crippen LogP contribution < -0.4 is 0 Å². The molecule has 114 valence electrons. The van der Waals surface area contributed by atoms with Gasteiger partial charge in [-0.2, -0.15) is 13.2 Å². The van der Waals surface area contributed by atoms with Gasteiger partial charge in [0, 0.05) is 37.3 Å². The second-order valence-corrected chi connectivity index (χ2v) is 5.86. The summed E-state index contributed by atoms with van der Waals surface area (Å²) < 4.78 is 38.0. The summed E-state index contributed by atoms with van der Waals surface area (Å²) in [4.78, 5) is 20.9. The van der Waals surface area contributed by atoms with Gasteiger partial charge in [0.2, 0.25) is 0 Å². The maximum atomic E-state index is 12.7. The van der Waals surface area contributed by atoms with E-state index in [4.69, 9.17) is 0 Å². The quantitative estimate of drug-likeness (QED) is 0.751. The highest BCUT2D eigenvalue weighted by Gasteiger charge is 2.47. The van der Waals surface area contributed by atoms with Gasteiger partial charge in [-0.1, -0.05) is 0 Å². The number of alkyl halides is 3. The molecule has 1 aliphatic heterocycles. The van der Waals surface area contributed by atoms with Gasteiger partial charge in [0.1, 0.15) is 0 Å². The van der Waals surface area contributed by atoms with Crippen molar-refractivity contribution in [2.45, 2.75) is 24.4 Å². The predicted octanol–water partition coefficient (Wildman–Crippen LogP) is 2.61. The number of fused-ring (bicyclic) bond motifs is 6. The van der Waals surface area contributed by atoms with Crippen LogP contribution in [0.4, 0.5) is 13.2 Å². The number of aromatic nitrogens is 2. The molecule has 2 atom stereocenters. The van der Waals surface area contributed by atoms with Gasteiger partial charge in [0.15, 0.2) is 0 Å². The SMILES string of the molecule is O=C(N1C[C@@H]2C[C@@H](C1)c1cc3nccnc3cc12)C(F)(F)F. The van der Waals surface area contributed by atoms with Crippen LogP contribution in [0.3, 0.4) is 0 Å². The van der Waals surface area contributed by atoms with E-state index in [1.54, 1.807) is 12.4 Å². The molecule has 0 saturated carbocycles. The molecule has 0 unspecified atom stereocenters. The van der Waals surface area contributed by atoms with E-state index in [1.165, 1.54) is 0 Å². The molecular formula is C15H12F3N3O. The standard InChI is InChI=1S/C15H12F3N3O/c16-15(17,18)14(22)21-6-8-3-9(7-21)11-5-13-12(4-10(8)11)19-1-2-20-13/h1-2,4-5,8-9H,3,6-7H2/t8-,9-/m0/s1. The fourth-order valence-corrected chi connectivity index (χ4v) is 3.65. The van der Waals surface area contributed by atoms with Crippen LogP contribution in [0.25, 0.3) is 11.0 Å². The van der Waals surface area contributed by atoms with E-state index < -0.39 is 12.1 Å². The van der Waals surface area contributed by atoms with E-state index in [2.05, 4.69) is 9.97 Å². The Labute approximate surface area is 124 Å². The van der Waals surface area contributed by atoms with Gasteiger partial charge < -0.3 is 4.90 Å². The number of amides is 1. The minimum Gasteiger partial charge on any atom is -0.334 e. The molecule has 4 rings (SSSR count). The average Bonchev–Trinajstić information content (AvgIpc) is 2.74. The van der Waals surface area contributed by atoms with Crippen molar-refractivity contribution in [2.75, 3.05) is 13.1 Å². The Kier molecular flexibility index (Phi) is 2.70. The molecule has 2 aromatic rings. The van der Waals surface area contributed by atoms with E-state index in [9.17, 15) is 18.0 Å². The second kappa shape index (κ2) is 4.41. The Morgan fingerprint density at radius 3 is 2.00 bits per heavy atom. The molecule has 4 nitrogen and oxygen atoms in total. The maximum absolute atomic E-state index is 12.7. The zero-order valence-corrected chi connectivity index (χ0v) is 11.5. The first kappa shape index (κ1) is 13.5. The number of piperidine rings is 1. The van der Waals surface area contributed by atoms with Gasteiger partial charge in [-0.05, 0) is 29.7 Å². The average molecular weight is 307 g/mol. The van der Waals surface area contributed by atoms with Crippen LogP contribution in [-0.4, -0.2) is 40.0 Å². The van der Waals surface area contributed by atoms with Crippen molar-refractivity contribution in [2.24, 2.45) is 0 Å². The number of carbonyl (C=O) groups is 1. The van der Waals surface area contributed by atoms with Crippen molar-refractivity contribution < 1.29 is 18.0 Å². The number of likely N-dealkylation sites (tertiary alicyclic amines) is 1. The first-order valence-electron chi connectivity index (χ1n) is 7.04. The van der Waals surface area contributed by atoms with Gasteiger partial charge in [0.05, 0.1) is 11.0 Å². The highest BCUT2D eigenvalue weighted by atomic mass is 19.4. The summed E-state index contributed by atoms with van der Waals surface area (Å²) in [5.41, 5.74) is 3.50. The third kappa shape index (κ3) is 1.95. The third-order valence-electron chi connectivity index (χ3n) is 4.53. The zero-order valence-electron chi connectivity index (χ0n) is 11.5. The lowest BCUT2D eigenvalue weighted by molar-refractivity contribution is -0.186. The van der Waals surface area contributed by atoms with Gasteiger partial charge in [-0.3, -0.25) is 14.8 Å². The summed E-state index contributed by atoms with van der Waals surface area (Å²) in [5, 5.41) is 0. The summed E-state index contributed by atoms with van der Waals surface area (Å²) in [7, 11) is 0. The summed E-state index contributed by atoms with van der Waals surface area (Å²) in [6.45, 7) is 0.237. The lowest BCUT2D eigenvalue weighted by atomic mass is 9.95. The summed E-state index contributed by atoms with van der Waals surface area (Å²) in [6, 6.07) is 3.81. The van der Waals surface area contributed by atoms with E-state index >= 15 is 0 Å². The summed E-state index contributed by atoms with van der Waals surface area (Å²) >= 11 is 0. The van der Waals surface area contributed by atoms with Gasteiger partial charge >= 0.3 is 12.1 Å². The smallest absolute Gasteiger partial charge is 0.334 e. The molecular weight excluding hydrogens is 295 g/mol. The molecule has 1 aromatic heterocycles. The van der Waals surface area contributed by atoms with Crippen molar-refractivity contribution in [3.8, 4) is 0 Å². The Morgan fingerprint density at radius 2 is 1.55 bits per heavy atom. The Morgan fingerprint density at radius 1 is 1.05 bits per heavy atom. The van der Waals surface area contributed by atoms with Crippen molar-refractivity contribution in [3.05, 3.63) is 35.7 Å². The second-order valence-electron chi connectivity index (χ2n) is 5.86. The fraction of sp³-hybridized carbons (Fsp3) is 0.400. The minimum atomic E-state index is -4.81. The number of carbonyl (C=O) groups excluding carboxylic acids is 1. The molecule has 1 aliphatic carbocycles. The van der Waals surface area contributed by atoms with Crippen molar-refractivity contribution >= 4 is 16.9 Å². The van der Waals surface area contributed by atoms with Crippen LogP contribution in [-0.2, 0) is 4.79 Å². The largest absolute Gasteiger partial charge is 0.471 e. The highest BCUT2D eigenvalue weighted by molar-refractivity contribution is 5.83. The fourth-order valence-electron chi connectivity index (χ4n) is 3.65. The molecule has 0 radical (unpaired) electrons. The lowest BCUT2D eigenvalue weighted by Gasteiger charge is -2.32. The molecule has 2 heterocycles. The Balaban J connectivity index is 1.73. The van der Waals surface area contributed by atoms with Crippen LogP contribution in [0, 0.1) is 0 Å². The normalized spacial score (nSPS) is 23.7. The molecule has 2 bridgehead atoms. The van der Waals surface area contributed by atoms with Crippen LogP contribution in [0.5, 0.6) is 0 Å². The summed E-state index contributed by atoms with van der Waals surface area (Å²) in [6.07, 6.45) is -0.839. The van der Waals surface area contributed by atoms with Crippen molar-refractivity contribution in [1.29, 1.82) is 0 Å². The molecule has 0 spiro atoms. The first-order valence-corrected chi connectivity index (χ1v) is 7.04. The monoisotopic (exact) mass is 307 g/mol. The summed E-state index contributed by atoms with van der Waals surface area (Å²) in [5.74, 6) is -1.84. The van der Waals surface area contributed by atoms with Crippen LogP contribution in [0.15, 0.2) is 24.5 Å². The molecule has 1 amide bonds. The number of hydrogen-bond acceptors (Lipinski definition) is 3. The Bertz CT molecular complexity index is 724. The minimum absolute atomic E-state index is 0.0496. The molecule has 22 heavy (non-hydrogen) atoms. The third-order valence-corrected chi connectivity index (χ3v) is 4.53. The lowest BCUT2D eigenvalue weighted by Crippen LogP contribution is -2.46.